The fourth-order valence-electron chi connectivity index (χ4n) is 3.57. The summed E-state index contributed by atoms with van der Waals surface area (Å²) < 4.78 is 12.5. The molecule has 0 aliphatic carbocycles. The van der Waals surface area contributed by atoms with Gasteiger partial charge in [0.05, 0.1) is 25.3 Å². The number of rotatable bonds is 4. The molecule has 1 amide bonds. The summed E-state index contributed by atoms with van der Waals surface area (Å²) in [7, 11) is 3.03. The molecule has 1 fully saturated rings. The SMILES string of the molecule is COc1cc(C(=O)N2CCCC2c2nnc3ccccn23)cc(Cl)c1OC. The molecular weight excluding hydrogens is 368 g/mol. The zero-order valence-corrected chi connectivity index (χ0v) is 15.8. The Morgan fingerprint density at radius 1 is 1.22 bits per heavy atom. The van der Waals surface area contributed by atoms with Crippen molar-refractivity contribution in [3.63, 3.8) is 0 Å². The van der Waals surface area contributed by atoms with Crippen LogP contribution < -0.4 is 9.47 Å². The maximum atomic E-state index is 13.2. The lowest BCUT2D eigenvalue weighted by Gasteiger charge is -2.24. The van der Waals surface area contributed by atoms with E-state index in [0.717, 1.165) is 24.3 Å². The first kappa shape index (κ1) is 17.6. The van der Waals surface area contributed by atoms with Crippen LogP contribution >= 0.6 is 11.6 Å². The van der Waals surface area contributed by atoms with Crippen molar-refractivity contribution in [1.82, 2.24) is 19.5 Å². The van der Waals surface area contributed by atoms with Crippen molar-refractivity contribution in [3.05, 3.63) is 52.9 Å². The Morgan fingerprint density at radius 3 is 2.85 bits per heavy atom. The Kier molecular flexibility index (Phi) is 4.61. The zero-order chi connectivity index (χ0) is 19.0. The maximum Gasteiger partial charge on any atom is 0.254 e. The van der Waals surface area contributed by atoms with Gasteiger partial charge in [-0.1, -0.05) is 17.7 Å². The number of likely N-dealkylation sites (tertiary alicyclic amines) is 1. The van der Waals surface area contributed by atoms with Crippen molar-refractivity contribution in [1.29, 1.82) is 0 Å². The molecule has 0 bridgehead atoms. The van der Waals surface area contributed by atoms with Gasteiger partial charge < -0.3 is 14.4 Å². The molecule has 0 spiro atoms. The topological polar surface area (TPSA) is 69.0 Å². The van der Waals surface area contributed by atoms with Crippen LogP contribution in [-0.2, 0) is 0 Å². The van der Waals surface area contributed by atoms with Crippen LogP contribution in [0.4, 0.5) is 0 Å². The monoisotopic (exact) mass is 386 g/mol. The van der Waals surface area contributed by atoms with Crippen LogP contribution in [0.5, 0.6) is 11.5 Å². The van der Waals surface area contributed by atoms with Gasteiger partial charge in [0.2, 0.25) is 0 Å². The van der Waals surface area contributed by atoms with E-state index in [9.17, 15) is 4.79 Å². The number of carbonyl (C=O) groups excluding carboxylic acids is 1. The molecule has 1 unspecified atom stereocenters. The van der Waals surface area contributed by atoms with Crippen molar-refractivity contribution < 1.29 is 14.3 Å². The van der Waals surface area contributed by atoms with Crippen LogP contribution in [0.2, 0.25) is 5.02 Å². The number of aromatic nitrogens is 3. The first-order chi connectivity index (χ1) is 13.1. The van der Waals surface area contributed by atoms with Crippen molar-refractivity contribution in [2.24, 2.45) is 0 Å². The van der Waals surface area contributed by atoms with Gasteiger partial charge >= 0.3 is 0 Å². The molecule has 27 heavy (non-hydrogen) atoms. The second-order valence-corrected chi connectivity index (χ2v) is 6.74. The number of fused-ring (bicyclic) bond motifs is 1. The fraction of sp³-hybridized carbons (Fsp3) is 0.316. The van der Waals surface area contributed by atoms with Crippen molar-refractivity contribution in [2.75, 3.05) is 20.8 Å². The highest BCUT2D eigenvalue weighted by Crippen LogP contribution is 2.38. The Morgan fingerprint density at radius 2 is 2.07 bits per heavy atom. The summed E-state index contributed by atoms with van der Waals surface area (Å²) in [5.41, 5.74) is 1.22. The normalized spacial score (nSPS) is 16.7. The van der Waals surface area contributed by atoms with Crippen molar-refractivity contribution in [2.45, 2.75) is 18.9 Å². The molecule has 2 aromatic heterocycles. The molecule has 0 N–H and O–H groups in total. The molecule has 140 valence electrons. The van der Waals surface area contributed by atoms with E-state index >= 15 is 0 Å². The molecule has 1 aliphatic heterocycles. The number of amides is 1. The van der Waals surface area contributed by atoms with Crippen LogP contribution in [0.3, 0.4) is 0 Å². The lowest BCUT2D eigenvalue weighted by Crippen LogP contribution is -2.31. The highest BCUT2D eigenvalue weighted by atomic mass is 35.5. The van der Waals surface area contributed by atoms with Gasteiger partial charge in [-0.3, -0.25) is 9.20 Å². The van der Waals surface area contributed by atoms with E-state index < -0.39 is 0 Å². The van der Waals surface area contributed by atoms with Crippen LogP contribution in [0.1, 0.15) is 35.1 Å². The summed E-state index contributed by atoms with van der Waals surface area (Å²) in [6.45, 7) is 0.650. The molecular formula is C19H19ClN4O3. The summed E-state index contributed by atoms with van der Waals surface area (Å²) in [5, 5.41) is 8.88. The largest absolute Gasteiger partial charge is 0.493 e. The van der Waals surface area contributed by atoms with Gasteiger partial charge in [-0.2, -0.15) is 0 Å². The highest BCUT2D eigenvalue weighted by molar-refractivity contribution is 6.32. The number of ether oxygens (including phenoxy) is 2. The van der Waals surface area contributed by atoms with Gasteiger partial charge in [0.25, 0.3) is 5.91 Å². The summed E-state index contributed by atoms with van der Waals surface area (Å²) in [6.07, 6.45) is 3.65. The van der Waals surface area contributed by atoms with Gasteiger partial charge in [-0.25, -0.2) is 0 Å². The summed E-state index contributed by atoms with van der Waals surface area (Å²) in [5.74, 6) is 1.49. The molecule has 1 atom stereocenters. The average molecular weight is 387 g/mol. The van der Waals surface area contributed by atoms with Crippen LogP contribution in [0, 0.1) is 0 Å². The van der Waals surface area contributed by atoms with Crippen LogP contribution in [0.25, 0.3) is 5.65 Å². The fourth-order valence-corrected chi connectivity index (χ4v) is 3.86. The minimum atomic E-state index is -0.137. The number of benzene rings is 1. The molecule has 7 nitrogen and oxygen atoms in total. The number of carbonyl (C=O) groups is 1. The Hall–Kier alpha value is -2.80. The zero-order valence-electron chi connectivity index (χ0n) is 15.1. The molecule has 3 aromatic rings. The first-order valence-electron chi connectivity index (χ1n) is 8.66. The third-order valence-electron chi connectivity index (χ3n) is 4.83. The Balaban J connectivity index is 1.70. The first-order valence-corrected chi connectivity index (χ1v) is 9.04. The lowest BCUT2D eigenvalue weighted by molar-refractivity contribution is 0.0729. The van der Waals surface area contributed by atoms with Gasteiger partial charge in [0, 0.05) is 18.3 Å². The molecule has 1 saturated heterocycles. The average Bonchev–Trinajstić information content (AvgIpc) is 3.33. The van der Waals surface area contributed by atoms with E-state index in [2.05, 4.69) is 10.2 Å². The number of hydrogen-bond acceptors (Lipinski definition) is 5. The minimum absolute atomic E-state index is 0.118. The predicted octanol–water partition coefficient (Wildman–Crippen LogP) is 3.38. The minimum Gasteiger partial charge on any atom is -0.493 e. The van der Waals surface area contributed by atoms with E-state index in [0.29, 0.717) is 28.6 Å². The lowest BCUT2D eigenvalue weighted by atomic mass is 10.1. The van der Waals surface area contributed by atoms with Gasteiger partial charge in [0.15, 0.2) is 23.0 Å². The summed E-state index contributed by atoms with van der Waals surface area (Å²) in [6, 6.07) is 8.87. The molecule has 1 aromatic carbocycles. The predicted molar refractivity (Wildman–Crippen MR) is 101 cm³/mol. The Bertz CT molecular complexity index is 1000. The number of pyridine rings is 1. The van der Waals surface area contributed by atoms with Crippen LogP contribution in [-0.4, -0.2) is 46.2 Å². The smallest absolute Gasteiger partial charge is 0.254 e. The second-order valence-electron chi connectivity index (χ2n) is 6.34. The van der Waals surface area contributed by atoms with E-state index in [1.807, 2.05) is 33.7 Å². The molecule has 3 heterocycles. The summed E-state index contributed by atoms with van der Waals surface area (Å²) >= 11 is 6.28. The van der Waals surface area contributed by atoms with E-state index in [-0.39, 0.29) is 11.9 Å². The number of methoxy groups -OCH3 is 2. The van der Waals surface area contributed by atoms with E-state index in [4.69, 9.17) is 21.1 Å². The Labute approximate surface area is 161 Å². The number of halogens is 1. The van der Waals surface area contributed by atoms with Crippen molar-refractivity contribution >= 4 is 23.2 Å². The van der Waals surface area contributed by atoms with Crippen molar-refractivity contribution in [3.8, 4) is 11.5 Å². The summed E-state index contributed by atoms with van der Waals surface area (Å²) in [4.78, 5) is 15.0. The molecule has 8 heteroatoms. The highest BCUT2D eigenvalue weighted by Gasteiger charge is 2.34. The van der Waals surface area contributed by atoms with Gasteiger partial charge in [0.1, 0.15) is 0 Å². The van der Waals surface area contributed by atoms with Gasteiger partial charge in [-0.15, -0.1) is 10.2 Å². The molecule has 1 aliphatic rings. The number of nitrogens with zero attached hydrogens (tertiary/aromatic N) is 4. The third kappa shape index (κ3) is 2.98. The standard InChI is InChI=1S/C19H19ClN4O3/c1-26-15-11-12(10-13(20)17(15)27-2)19(25)23-9-5-6-14(23)18-22-21-16-7-3-4-8-24(16)18/h3-4,7-8,10-11,14H,5-6,9H2,1-2H3. The number of hydrogen-bond donors (Lipinski definition) is 0. The molecule has 0 radical (unpaired) electrons. The third-order valence-corrected chi connectivity index (χ3v) is 5.11. The van der Waals surface area contributed by atoms with Gasteiger partial charge in [-0.05, 0) is 37.1 Å². The maximum absolute atomic E-state index is 13.2. The van der Waals surface area contributed by atoms with E-state index in [1.165, 1.54) is 14.2 Å². The molecule has 4 rings (SSSR count). The second kappa shape index (κ2) is 7.08. The molecule has 0 saturated carbocycles. The van der Waals surface area contributed by atoms with Crippen LogP contribution in [0.15, 0.2) is 36.5 Å². The van der Waals surface area contributed by atoms with E-state index in [1.54, 1.807) is 12.1 Å². The quantitative estimate of drug-likeness (QED) is 0.687.